The van der Waals surface area contributed by atoms with E-state index in [2.05, 4.69) is 5.32 Å². The van der Waals surface area contributed by atoms with Gasteiger partial charge in [-0.15, -0.1) is 0 Å². The van der Waals surface area contributed by atoms with Crippen molar-refractivity contribution in [3.8, 4) is 0 Å². The molecule has 3 heterocycles. The highest BCUT2D eigenvalue weighted by molar-refractivity contribution is 5.68. The Kier molecular flexibility index (Phi) is 2.40. The van der Waals surface area contributed by atoms with Crippen LogP contribution in [0.2, 0.25) is 0 Å². The second kappa shape index (κ2) is 3.54. The quantitative estimate of drug-likeness (QED) is 0.682. The van der Waals surface area contributed by atoms with Crippen molar-refractivity contribution in [3.63, 3.8) is 0 Å². The molecule has 74 valence electrons. The number of rotatable bonds is 2. The van der Waals surface area contributed by atoms with Crippen molar-refractivity contribution in [1.82, 2.24) is 10.2 Å². The Bertz CT molecular complexity index is 192. The van der Waals surface area contributed by atoms with Crippen molar-refractivity contribution in [1.29, 1.82) is 0 Å². The molecular weight excluding hydrogens is 168 g/mol. The number of nitrogens with zero attached hydrogens (tertiary/aromatic N) is 1. The molecule has 0 aromatic carbocycles. The van der Waals surface area contributed by atoms with Gasteiger partial charge < -0.3 is 15.0 Å². The van der Waals surface area contributed by atoms with E-state index < -0.39 is 0 Å². The van der Waals surface area contributed by atoms with Crippen LogP contribution >= 0.6 is 0 Å². The second-order valence-electron chi connectivity index (χ2n) is 3.82. The summed E-state index contributed by atoms with van der Waals surface area (Å²) in [6.45, 7) is 4.18. The van der Waals surface area contributed by atoms with E-state index in [1.807, 2.05) is 11.8 Å². The fourth-order valence-corrected chi connectivity index (χ4v) is 1.94. The lowest BCUT2D eigenvalue weighted by Gasteiger charge is -2.47. The molecule has 4 heteroatoms. The number of piperidine rings is 1. The summed E-state index contributed by atoms with van der Waals surface area (Å²) >= 11 is 0. The molecule has 13 heavy (non-hydrogen) atoms. The zero-order valence-corrected chi connectivity index (χ0v) is 7.95. The van der Waals surface area contributed by atoms with Crippen molar-refractivity contribution >= 4 is 6.09 Å². The lowest BCUT2D eigenvalue weighted by atomic mass is 9.92. The van der Waals surface area contributed by atoms with Crippen molar-refractivity contribution < 1.29 is 9.53 Å². The first-order valence-corrected chi connectivity index (χ1v) is 4.97. The average Bonchev–Trinajstić information content (AvgIpc) is 2.13. The maximum absolute atomic E-state index is 11.4. The summed E-state index contributed by atoms with van der Waals surface area (Å²) in [5, 5.41) is 3.37. The first-order valence-electron chi connectivity index (χ1n) is 4.97. The van der Waals surface area contributed by atoms with Crippen molar-refractivity contribution in [2.24, 2.45) is 0 Å². The Morgan fingerprint density at radius 3 is 2.69 bits per heavy atom. The van der Waals surface area contributed by atoms with Gasteiger partial charge in [0.25, 0.3) is 0 Å². The number of piperazine rings is 1. The Hall–Kier alpha value is -0.770. The van der Waals surface area contributed by atoms with Gasteiger partial charge in [-0.3, -0.25) is 0 Å². The van der Waals surface area contributed by atoms with Crippen molar-refractivity contribution in [2.45, 2.75) is 31.8 Å². The molecule has 3 fully saturated rings. The van der Waals surface area contributed by atoms with E-state index in [0.29, 0.717) is 18.7 Å². The van der Waals surface area contributed by atoms with Gasteiger partial charge in [-0.1, -0.05) is 6.92 Å². The van der Waals surface area contributed by atoms with Gasteiger partial charge in [0.1, 0.15) is 0 Å². The maximum Gasteiger partial charge on any atom is 0.409 e. The second-order valence-corrected chi connectivity index (χ2v) is 3.82. The number of carbonyl (C=O) groups excluding carboxylic acids is 1. The largest absolute Gasteiger partial charge is 0.449 e. The molecule has 3 aliphatic rings. The van der Waals surface area contributed by atoms with Crippen LogP contribution in [0.4, 0.5) is 4.79 Å². The smallest absolute Gasteiger partial charge is 0.409 e. The summed E-state index contributed by atoms with van der Waals surface area (Å²) in [4.78, 5) is 13.2. The third-order valence-corrected chi connectivity index (χ3v) is 2.61. The highest BCUT2D eigenvalue weighted by atomic mass is 16.6. The average molecular weight is 184 g/mol. The topological polar surface area (TPSA) is 41.6 Å². The molecule has 4 nitrogen and oxygen atoms in total. The van der Waals surface area contributed by atoms with Crippen molar-refractivity contribution in [3.05, 3.63) is 0 Å². The van der Waals surface area contributed by atoms with Crippen LogP contribution in [-0.4, -0.2) is 42.8 Å². The Labute approximate surface area is 78.2 Å². The predicted molar refractivity (Wildman–Crippen MR) is 48.5 cm³/mol. The van der Waals surface area contributed by atoms with E-state index in [1.54, 1.807) is 0 Å². The van der Waals surface area contributed by atoms with Gasteiger partial charge in [0.2, 0.25) is 0 Å². The number of hydrogen-bond acceptors (Lipinski definition) is 3. The Morgan fingerprint density at radius 1 is 1.54 bits per heavy atom. The minimum absolute atomic E-state index is 0.141. The van der Waals surface area contributed by atoms with Gasteiger partial charge in [-0.2, -0.15) is 0 Å². The number of hydrogen-bond donors (Lipinski definition) is 1. The summed E-state index contributed by atoms with van der Waals surface area (Å²) < 4.78 is 5.06. The van der Waals surface area contributed by atoms with Crippen LogP contribution in [0.15, 0.2) is 0 Å². The van der Waals surface area contributed by atoms with E-state index in [9.17, 15) is 4.79 Å². The molecule has 0 spiro atoms. The fraction of sp³-hybridized carbons (Fsp3) is 0.889. The summed E-state index contributed by atoms with van der Waals surface area (Å²) in [6, 6.07) is 1.04. The minimum Gasteiger partial charge on any atom is -0.449 e. The molecule has 1 amide bonds. The third kappa shape index (κ3) is 1.77. The molecular formula is C9H16N2O2. The number of nitrogens with one attached hydrogen (secondary N) is 1. The van der Waals surface area contributed by atoms with Gasteiger partial charge in [-0.25, -0.2) is 4.79 Å². The molecule has 0 aromatic heterocycles. The number of fused-ring (bicyclic) bond motifs is 2. The maximum atomic E-state index is 11.4. The molecule has 2 unspecified atom stereocenters. The van der Waals surface area contributed by atoms with Crippen LogP contribution < -0.4 is 5.32 Å². The monoisotopic (exact) mass is 184 g/mol. The van der Waals surface area contributed by atoms with E-state index in [0.717, 1.165) is 19.5 Å². The van der Waals surface area contributed by atoms with Gasteiger partial charge >= 0.3 is 6.09 Å². The molecule has 2 atom stereocenters. The SMILES string of the molecule is CCCOC(=O)N1CC2CC(C1)N2. The van der Waals surface area contributed by atoms with Gasteiger partial charge in [-0.05, 0) is 12.8 Å². The normalized spacial score (nSPS) is 31.0. The standard InChI is InChI=1S/C9H16N2O2/c1-2-3-13-9(12)11-5-7-4-8(6-11)10-7/h7-8,10H,2-6H2,1H3. The lowest BCUT2D eigenvalue weighted by molar-refractivity contribution is 0.0494. The zero-order valence-electron chi connectivity index (χ0n) is 7.95. The molecule has 1 N–H and O–H groups in total. The van der Waals surface area contributed by atoms with Crippen LogP contribution in [0.25, 0.3) is 0 Å². The fourth-order valence-electron chi connectivity index (χ4n) is 1.94. The number of carbonyl (C=O) groups is 1. The number of amides is 1. The molecule has 2 bridgehead atoms. The Balaban J connectivity index is 1.77. The predicted octanol–water partition coefficient (Wildman–Crippen LogP) is 0.579. The van der Waals surface area contributed by atoms with Crippen LogP contribution in [0, 0.1) is 0 Å². The highest BCUT2D eigenvalue weighted by Crippen LogP contribution is 2.21. The summed E-state index contributed by atoms with van der Waals surface area (Å²) in [6.07, 6.45) is 1.97. The highest BCUT2D eigenvalue weighted by Gasteiger charge is 2.38. The van der Waals surface area contributed by atoms with Crippen LogP contribution in [-0.2, 0) is 4.74 Å². The first kappa shape index (κ1) is 8.81. The van der Waals surface area contributed by atoms with E-state index in [1.165, 1.54) is 6.42 Å². The lowest BCUT2D eigenvalue weighted by Crippen LogP contribution is -2.67. The number of ether oxygens (including phenoxy) is 1. The summed E-state index contributed by atoms with van der Waals surface area (Å²) in [7, 11) is 0. The zero-order chi connectivity index (χ0) is 9.26. The molecule has 3 saturated heterocycles. The van der Waals surface area contributed by atoms with E-state index in [-0.39, 0.29) is 6.09 Å². The first-order chi connectivity index (χ1) is 6.29. The van der Waals surface area contributed by atoms with Crippen LogP contribution in [0.5, 0.6) is 0 Å². The molecule has 0 radical (unpaired) electrons. The minimum atomic E-state index is -0.141. The van der Waals surface area contributed by atoms with Crippen LogP contribution in [0.1, 0.15) is 19.8 Å². The summed E-state index contributed by atoms with van der Waals surface area (Å²) in [5.74, 6) is 0. The van der Waals surface area contributed by atoms with Gasteiger partial charge in [0.15, 0.2) is 0 Å². The van der Waals surface area contributed by atoms with E-state index in [4.69, 9.17) is 4.74 Å². The van der Waals surface area contributed by atoms with Crippen molar-refractivity contribution in [2.75, 3.05) is 19.7 Å². The van der Waals surface area contributed by atoms with Gasteiger partial charge in [0, 0.05) is 25.2 Å². The van der Waals surface area contributed by atoms with E-state index >= 15 is 0 Å². The molecule has 3 rings (SSSR count). The van der Waals surface area contributed by atoms with Gasteiger partial charge in [0.05, 0.1) is 6.61 Å². The molecule has 0 saturated carbocycles. The van der Waals surface area contributed by atoms with Crippen LogP contribution in [0.3, 0.4) is 0 Å². The molecule has 0 aromatic rings. The Morgan fingerprint density at radius 2 is 2.15 bits per heavy atom. The summed E-state index contributed by atoms with van der Waals surface area (Å²) in [5.41, 5.74) is 0. The molecule has 0 aliphatic carbocycles. The third-order valence-electron chi connectivity index (χ3n) is 2.61. The molecule has 3 aliphatic heterocycles.